The molecule has 5 rings (SSSR count). The Labute approximate surface area is 218 Å². The number of amides is 1. The number of methoxy groups -OCH3 is 1. The number of H-pyrrole nitrogens is 1. The van der Waals surface area contributed by atoms with Gasteiger partial charge in [0.1, 0.15) is 16.8 Å². The molecule has 0 spiro atoms. The number of thioether (sulfide) groups is 1. The summed E-state index contributed by atoms with van der Waals surface area (Å²) in [4.78, 5) is 35.0. The van der Waals surface area contributed by atoms with E-state index in [4.69, 9.17) is 9.72 Å². The van der Waals surface area contributed by atoms with Crippen LogP contribution >= 0.6 is 11.8 Å². The molecule has 37 heavy (non-hydrogen) atoms. The molecule has 0 aliphatic rings. The van der Waals surface area contributed by atoms with Gasteiger partial charge in [-0.25, -0.2) is 9.55 Å². The fourth-order valence-corrected chi connectivity index (χ4v) is 5.51. The number of fused-ring (bicyclic) bond motifs is 3. The lowest BCUT2D eigenvalue weighted by Gasteiger charge is -2.16. The highest BCUT2D eigenvalue weighted by atomic mass is 32.2. The summed E-state index contributed by atoms with van der Waals surface area (Å²) in [7, 11) is 1.57. The van der Waals surface area contributed by atoms with Gasteiger partial charge in [-0.3, -0.25) is 9.59 Å². The van der Waals surface area contributed by atoms with Crippen LogP contribution in [-0.2, 0) is 4.79 Å². The van der Waals surface area contributed by atoms with E-state index in [1.165, 1.54) is 16.3 Å². The average molecular weight is 513 g/mol. The van der Waals surface area contributed by atoms with Crippen LogP contribution in [0.25, 0.3) is 27.6 Å². The van der Waals surface area contributed by atoms with Gasteiger partial charge in [0.05, 0.1) is 18.6 Å². The molecule has 0 bridgehead atoms. The Morgan fingerprint density at radius 3 is 2.49 bits per heavy atom. The maximum atomic E-state index is 13.9. The van der Waals surface area contributed by atoms with Crippen molar-refractivity contribution < 1.29 is 9.53 Å². The van der Waals surface area contributed by atoms with Crippen molar-refractivity contribution in [1.82, 2.24) is 14.5 Å². The number of aromatic amines is 1. The van der Waals surface area contributed by atoms with Gasteiger partial charge in [0.15, 0.2) is 5.16 Å². The monoisotopic (exact) mass is 512 g/mol. The minimum absolute atomic E-state index is 0.0845. The van der Waals surface area contributed by atoms with Crippen LogP contribution in [0.15, 0.2) is 64.5 Å². The van der Waals surface area contributed by atoms with Crippen molar-refractivity contribution in [2.45, 2.75) is 32.9 Å². The summed E-state index contributed by atoms with van der Waals surface area (Å²) in [5, 5.41) is 4.31. The molecule has 2 heterocycles. The molecule has 2 N–H and O–H groups in total. The quantitative estimate of drug-likeness (QED) is 0.220. The molecule has 188 valence electrons. The fraction of sp³-hybridized carbons (Fsp3) is 0.207. The highest BCUT2D eigenvalue weighted by Crippen LogP contribution is 2.30. The molecule has 0 radical (unpaired) electrons. The van der Waals surface area contributed by atoms with Crippen LogP contribution < -0.4 is 15.6 Å². The number of para-hydroxylation sites is 1. The summed E-state index contributed by atoms with van der Waals surface area (Å²) in [6.07, 6.45) is 0. The van der Waals surface area contributed by atoms with Crippen molar-refractivity contribution in [2.24, 2.45) is 0 Å². The summed E-state index contributed by atoms with van der Waals surface area (Å²) < 4.78 is 7.12. The number of anilines is 1. The summed E-state index contributed by atoms with van der Waals surface area (Å²) in [6, 6.07) is 17.4. The zero-order valence-electron chi connectivity index (χ0n) is 21.4. The van der Waals surface area contributed by atoms with Gasteiger partial charge in [-0.1, -0.05) is 53.7 Å². The zero-order valence-corrected chi connectivity index (χ0v) is 22.2. The molecule has 0 unspecified atom stereocenters. The van der Waals surface area contributed by atoms with Crippen molar-refractivity contribution in [3.8, 4) is 11.4 Å². The van der Waals surface area contributed by atoms with Crippen LogP contribution in [0.2, 0.25) is 0 Å². The molecule has 0 aliphatic heterocycles. The van der Waals surface area contributed by atoms with Crippen LogP contribution in [0.4, 0.5) is 5.69 Å². The Kier molecular flexibility index (Phi) is 6.52. The number of ether oxygens (including phenoxy) is 1. The summed E-state index contributed by atoms with van der Waals surface area (Å²) >= 11 is 1.22. The number of aromatic nitrogens is 3. The highest BCUT2D eigenvalue weighted by Gasteiger charge is 2.20. The molecule has 0 saturated heterocycles. The number of nitrogens with zero attached hydrogens (tertiary/aromatic N) is 2. The predicted octanol–water partition coefficient (Wildman–Crippen LogP) is 5.84. The third-order valence-electron chi connectivity index (χ3n) is 6.34. The number of nitrogens with one attached hydrogen (secondary N) is 2. The van der Waals surface area contributed by atoms with Gasteiger partial charge in [-0.15, -0.1) is 0 Å². The molecular formula is C29H28N4O3S. The van der Waals surface area contributed by atoms with Crippen LogP contribution in [0.5, 0.6) is 5.75 Å². The second-order valence-corrected chi connectivity index (χ2v) is 10.2. The molecule has 0 saturated carbocycles. The highest BCUT2D eigenvalue weighted by molar-refractivity contribution is 7.99. The van der Waals surface area contributed by atoms with Gasteiger partial charge in [0.2, 0.25) is 5.91 Å². The minimum atomic E-state index is -0.252. The lowest BCUT2D eigenvalue weighted by atomic mass is 10.1. The van der Waals surface area contributed by atoms with Crippen molar-refractivity contribution in [3.05, 3.63) is 87.2 Å². The Bertz CT molecular complexity index is 1710. The first-order chi connectivity index (χ1) is 17.8. The van der Waals surface area contributed by atoms with E-state index in [0.29, 0.717) is 27.6 Å². The average Bonchev–Trinajstić information content (AvgIpc) is 3.24. The molecule has 8 heteroatoms. The Hall–Kier alpha value is -4.04. The molecule has 0 aliphatic carbocycles. The second kappa shape index (κ2) is 9.78. The lowest BCUT2D eigenvalue weighted by Crippen LogP contribution is -2.23. The van der Waals surface area contributed by atoms with Crippen LogP contribution in [0, 0.1) is 27.7 Å². The van der Waals surface area contributed by atoms with E-state index in [-0.39, 0.29) is 17.2 Å². The molecule has 2 aromatic heterocycles. The van der Waals surface area contributed by atoms with Gasteiger partial charge in [-0.2, -0.15) is 0 Å². The normalized spacial score (nSPS) is 11.3. The Morgan fingerprint density at radius 1 is 1.03 bits per heavy atom. The second-order valence-electron chi connectivity index (χ2n) is 9.22. The third-order valence-corrected chi connectivity index (χ3v) is 7.28. The first-order valence-electron chi connectivity index (χ1n) is 12.0. The Balaban J connectivity index is 1.60. The summed E-state index contributed by atoms with van der Waals surface area (Å²) in [6.45, 7) is 7.95. The van der Waals surface area contributed by atoms with Gasteiger partial charge < -0.3 is 15.0 Å². The largest absolute Gasteiger partial charge is 0.495 e. The molecule has 3 aromatic carbocycles. The van der Waals surface area contributed by atoms with Gasteiger partial charge in [0.25, 0.3) is 5.56 Å². The molecule has 7 nitrogen and oxygen atoms in total. The number of hydrogen-bond donors (Lipinski definition) is 2. The third kappa shape index (κ3) is 4.60. The van der Waals surface area contributed by atoms with Crippen molar-refractivity contribution in [2.75, 3.05) is 18.2 Å². The van der Waals surface area contributed by atoms with Crippen LogP contribution in [0.1, 0.15) is 22.3 Å². The molecule has 1 amide bonds. The van der Waals surface area contributed by atoms with Gasteiger partial charge >= 0.3 is 0 Å². The van der Waals surface area contributed by atoms with Crippen LogP contribution in [-0.4, -0.2) is 33.3 Å². The minimum Gasteiger partial charge on any atom is -0.495 e. The van der Waals surface area contributed by atoms with Crippen molar-refractivity contribution >= 4 is 45.3 Å². The SMILES string of the molecule is COc1ccc(C)cc1-n1c(SCC(=O)Nc2c(C)cc(C)cc2C)nc2c([nH]c3ccccc32)c1=O. The number of aryl methyl sites for hydroxylation is 4. The molecule has 5 aromatic rings. The van der Waals surface area contributed by atoms with E-state index in [2.05, 4.69) is 10.3 Å². The topological polar surface area (TPSA) is 89.0 Å². The zero-order chi connectivity index (χ0) is 26.3. The number of carbonyl (C=O) groups excluding carboxylic acids is 1. The number of benzene rings is 3. The Morgan fingerprint density at radius 2 is 1.76 bits per heavy atom. The van der Waals surface area contributed by atoms with Crippen molar-refractivity contribution in [1.29, 1.82) is 0 Å². The number of rotatable bonds is 6. The van der Waals surface area contributed by atoms with Gasteiger partial charge in [0, 0.05) is 16.6 Å². The first kappa shape index (κ1) is 24.6. The number of hydrogen-bond acceptors (Lipinski definition) is 5. The summed E-state index contributed by atoms with van der Waals surface area (Å²) in [5.41, 5.74) is 7.09. The summed E-state index contributed by atoms with van der Waals surface area (Å²) in [5.74, 6) is 0.458. The fourth-order valence-electron chi connectivity index (χ4n) is 4.71. The smallest absolute Gasteiger partial charge is 0.283 e. The predicted molar refractivity (Wildman–Crippen MR) is 150 cm³/mol. The van der Waals surface area contributed by atoms with E-state index < -0.39 is 0 Å². The van der Waals surface area contributed by atoms with Crippen molar-refractivity contribution in [3.63, 3.8) is 0 Å². The van der Waals surface area contributed by atoms with E-state index in [9.17, 15) is 9.59 Å². The van der Waals surface area contributed by atoms with E-state index in [1.54, 1.807) is 7.11 Å². The standard InChI is InChI=1S/C29H28N4O3S/c1-16-10-11-23(36-5)22(14-16)33-28(35)27-26(20-8-6-7-9-21(20)30-27)32-29(33)37-15-24(34)31-25-18(3)12-17(2)13-19(25)4/h6-14,30H,15H2,1-5H3,(H,31,34). The van der Waals surface area contributed by atoms with E-state index >= 15 is 0 Å². The molecular weight excluding hydrogens is 484 g/mol. The van der Waals surface area contributed by atoms with E-state index in [1.807, 2.05) is 82.3 Å². The lowest BCUT2D eigenvalue weighted by molar-refractivity contribution is -0.113. The maximum absolute atomic E-state index is 13.9. The number of carbonyl (C=O) groups is 1. The first-order valence-corrected chi connectivity index (χ1v) is 12.9. The molecule has 0 fully saturated rings. The van der Waals surface area contributed by atoms with Crippen LogP contribution in [0.3, 0.4) is 0 Å². The van der Waals surface area contributed by atoms with E-state index in [0.717, 1.165) is 38.8 Å². The molecule has 0 atom stereocenters. The maximum Gasteiger partial charge on any atom is 0.283 e. The van der Waals surface area contributed by atoms with Gasteiger partial charge in [-0.05, 0) is 62.6 Å².